The van der Waals surface area contributed by atoms with Gasteiger partial charge >= 0.3 is 5.69 Å². The molecule has 0 aromatic heterocycles. The molecule has 0 spiro atoms. The number of ether oxygens (including phenoxy) is 1. The van der Waals surface area contributed by atoms with Gasteiger partial charge in [0.2, 0.25) is 0 Å². The highest BCUT2D eigenvalue weighted by molar-refractivity contribution is 9.09. The Morgan fingerprint density at radius 1 is 1.53 bits per heavy atom. The van der Waals surface area contributed by atoms with Crippen LogP contribution < -0.4 is 4.74 Å². The van der Waals surface area contributed by atoms with Crippen LogP contribution >= 0.6 is 15.9 Å². The lowest BCUT2D eigenvalue weighted by molar-refractivity contribution is -0.385. The quantitative estimate of drug-likeness (QED) is 0.359. The van der Waals surface area contributed by atoms with E-state index in [0.717, 1.165) is 17.3 Å². The zero-order valence-corrected chi connectivity index (χ0v) is 9.99. The number of nitro benzene ring substituents is 1. The normalized spacial score (nSPS) is 10.0. The average Bonchev–Trinajstić information content (AvgIpc) is 2.20. The van der Waals surface area contributed by atoms with Crippen molar-refractivity contribution in [3.8, 4) is 5.75 Å². The van der Waals surface area contributed by atoms with Crippen molar-refractivity contribution in [2.45, 2.75) is 13.3 Å². The highest BCUT2D eigenvalue weighted by atomic mass is 79.9. The van der Waals surface area contributed by atoms with E-state index in [1.165, 1.54) is 6.07 Å². The molecule has 0 amide bonds. The topological polar surface area (TPSA) is 52.4 Å². The average molecular weight is 274 g/mol. The molecule has 0 atom stereocenters. The Balaban J connectivity index is 2.81. The molecule has 0 unspecified atom stereocenters. The summed E-state index contributed by atoms with van der Waals surface area (Å²) in [6.07, 6.45) is 0.824. The van der Waals surface area contributed by atoms with Crippen LogP contribution in [-0.4, -0.2) is 16.9 Å². The Bertz CT molecular complexity index is 355. The van der Waals surface area contributed by atoms with E-state index in [1.54, 1.807) is 12.1 Å². The van der Waals surface area contributed by atoms with E-state index in [1.807, 2.05) is 6.92 Å². The van der Waals surface area contributed by atoms with Crippen molar-refractivity contribution in [1.82, 2.24) is 0 Å². The van der Waals surface area contributed by atoms with Crippen LogP contribution in [0.25, 0.3) is 0 Å². The van der Waals surface area contributed by atoms with Crippen LogP contribution in [-0.2, 0) is 0 Å². The lowest BCUT2D eigenvalue weighted by Gasteiger charge is -2.05. The fraction of sp³-hybridized carbons (Fsp3) is 0.400. The van der Waals surface area contributed by atoms with Gasteiger partial charge in [0.15, 0.2) is 5.75 Å². The van der Waals surface area contributed by atoms with E-state index < -0.39 is 4.92 Å². The lowest BCUT2D eigenvalue weighted by atomic mass is 10.2. The van der Waals surface area contributed by atoms with Crippen LogP contribution in [0.1, 0.15) is 12.0 Å². The summed E-state index contributed by atoms with van der Waals surface area (Å²) in [6, 6.07) is 4.96. The van der Waals surface area contributed by atoms with Crippen LogP contribution in [0, 0.1) is 17.0 Å². The minimum Gasteiger partial charge on any atom is -0.487 e. The van der Waals surface area contributed by atoms with Gasteiger partial charge in [-0.1, -0.05) is 22.0 Å². The standard InChI is InChI=1S/C10H12BrNO3/c1-8-3-4-10(15-6-2-5-11)9(7-8)12(13)14/h3-4,7H,2,5-6H2,1H3. The molecule has 1 aromatic rings. The van der Waals surface area contributed by atoms with Gasteiger partial charge < -0.3 is 4.74 Å². The van der Waals surface area contributed by atoms with Gasteiger partial charge in [-0.3, -0.25) is 10.1 Å². The first-order valence-corrected chi connectivity index (χ1v) is 5.71. The minimum absolute atomic E-state index is 0.0320. The Kier molecular flexibility index (Phi) is 4.55. The van der Waals surface area contributed by atoms with Crippen LogP contribution in [0.3, 0.4) is 0 Å². The molecular formula is C10H12BrNO3. The highest BCUT2D eigenvalue weighted by Gasteiger charge is 2.14. The van der Waals surface area contributed by atoms with Crippen molar-refractivity contribution in [3.63, 3.8) is 0 Å². The first-order chi connectivity index (χ1) is 7.15. The third kappa shape index (κ3) is 3.51. The molecule has 0 N–H and O–H groups in total. The molecule has 0 aliphatic rings. The molecule has 0 fully saturated rings. The van der Waals surface area contributed by atoms with Crippen LogP contribution in [0.15, 0.2) is 18.2 Å². The maximum Gasteiger partial charge on any atom is 0.311 e. The van der Waals surface area contributed by atoms with Gasteiger partial charge in [-0.25, -0.2) is 0 Å². The van der Waals surface area contributed by atoms with Gasteiger partial charge in [0.25, 0.3) is 0 Å². The zero-order chi connectivity index (χ0) is 11.3. The third-order valence-corrected chi connectivity index (χ3v) is 2.41. The van der Waals surface area contributed by atoms with E-state index in [4.69, 9.17) is 4.74 Å². The predicted molar refractivity (Wildman–Crippen MR) is 61.7 cm³/mol. The summed E-state index contributed by atoms with van der Waals surface area (Å²) in [5.41, 5.74) is 0.888. The second kappa shape index (κ2) is 5.70. The number of nitro groups is 1. The fourth-order valence-corrected chi connectivity index (χ4v) is 1.36. The van der Waals surface area contributed by atoms with Gasteiger partial charge in [-0.15, -0.1) is 0 Å². The molecule has 1 rings (SSSR count). The minimum atomic E-state index is -0.420. The molecule has 0 saturated carbocycles. The Hall–Kier alpha value is -1.10. The van der Waals surface area contributed by atoms with Crippen molar-refractivity contribution in [2.75, 3.05) is 11.9 Å². The first-order valence-electron chi connectivity index (χ1n) is 4.59. The first kappa shape index (κ1) is 12.0. The van der Waals surface area contributed by atoms with Gasteiger partial charge in [0.1, 0.15) is 0 Å². The maximum absolute atomic E-state index is 10.7. The SMILES string of the molecule is Cc1ccc(OCCCBr)c([N+](=O)[O-])c1. The third-order valence-electron chi connectivity index (χ3n) is 1.85. The van der Waals surface area contributed by atoms with Crippen LogP contribution in [0.5, 0.6) is 5.75 Å². The van der Waals surface area contributed by atoms with Crippen LogP contribution in [0.4, 0.5) is 5.69 Å². The second-order valence-corrected chi connectivity index (χ2v) is 3.91. The van der Waals surface area contributed by atoms with Gasteiger partial charge in [0, 0.05) is 11.4 Å². The summed E-state index contributed by atoms with van der Waals surface area (Å²) in [4.78, 5) is 10.3. The molecule has 0 bridgehead atoms. The largest absolute Gasteiger partial charge is 0.487 e. The molecule has 15 heavy (non-hydrogen) atoms. The number of aryl methyl sites for hydroxylation is 1. The number of hydrogen-bond acceptors (Lipinski definition) is 3. The summed E-state index contributed by atoms with van der Waals surface area (Å²) in [5, 5.41) is 11.5. The summed E-state index contributed by atoms with van der Waals surface area (Å²) in [6.45, 7) is 2.30. The summed E-state index contributed by atoms with van der Waals surface area (Å²) < 4.78 is 5.32. The van der Waals surface area contributed by atoms with Gasteiger partial charge in [-0.05, 0) is 25.0 Å². The number of halogens is 1. The van der Waals surface area contributed by atoms with E-state index >= 15 is 0 Å². The van der Waals surface area contributed by atoms with Crippen LogP contribution in [0.2, 0.25) is 0 Å². The van der Waals surface area contributed by atoms with Crippen molar-refractivity contribution in [1.29, 1.82) is 0 Å². The summed E-state index contributed by atoms with van der Waals surface area (Å²) >= 11 is 3.27. The number of nitrogens with zero attached hydrogens (tertiary/aromatic N) is 1. The number of hydrogen-bond donors (Lipinski definition) is 0. The zero-order valence-electron chi connectivity index (χ0n) is 8.40. The van der Waals surface area contributed by atoms with Gasteiger partial charge in [0.05, 0.1) is 11.5 Å². The van der Waals surface area contributed by atoms with E-state index in [2.05, 4.69) is 15.9 Å². The van der Waals surface area contributed by atoms with Crippen molar-refractivity contribution in [2.24, 2.45) is 0 Å². The van der Waals surface area contributed by atoms with E-state index in [9.17, 15) is 10.1 Å². The molecule has 0 aliphatic carbocycles. The number of rotatable bonds is 5. The molecule has 0 saturated heterocycles. The smallest absolute Gasteiger partial charge is 0.311 e. The Morgan fingerprint density at radius 3 is 2.87 bits per heavy atom. The number of benzene rings is 1. The summed E-state index contributed by atoms with van der Waals surface area (Å²) in [5.74, 6) is 0.339. The monoisotopic (exact) mass is 273 g/mol. The van der Waals surface area contributed by atoms with Crippen molar-refractivity contribution >= 4 is 21.6 Å². The molecule has 4 nitrogen and oxygen atoms in total. The maximum atomic E-state index is 10.7. The summed E-state index contributed by atoms with van der Waals surface area (Å²) in [7, 11) is 0. The molecule has 0 radical (unpaired) electrons. The number of alkyl halides is 1. The van der Waals surface area contributed by atoms with Gasteiger partial charge in [-0.2, -0.15) is 0 Å². The van der Waals surface area contributed by atoms with Crippen molar-refractivity contribution in [3.05, 3.63) is 33.9 Å². The molecule has 82 valence electrons. The Morgan fingerprint density at radius 2 is 2.27 bits per heavy atom. The molecule has 5 heteroatoms. The second-order valence-electron chi connectivity index (χ2n) is 3.12. The van der Waals surface area contributed by atoms with E-state index in [-0.39, 0.29) is 5.69 Å². The highest BCUT2D eigenvalue weighted by Crippen LogP contribution is 2.27. The molecule has 0 heterocycles. The Labute approximate surface area is 96.5 Å². The van der Waals surface area contributed by atoms with E-state index in [0.29, 0.717) is 12.4 Å². The predicted octanol–water partition coefficient (Wildman–Crippen LogP) is 3.07. The lowest BCUT2D eigenvalue weighted by Crippen LogP contribution is -2.01. The molecule has 1 aromatic carbocycles. The molecule has 0 aliphatic heterocycles. The fourth-order valence-electron chi connectivity index (χ4n) is 1.13. The molecular weight excluding hydrogens is 262 g/mol. The van der Waals surface area contributed by atoms with Crippen molar-refractivity contribution < 1.29 is 9.66 Å².